The molecule has 4 atom stereocenters. The van der Waals surface area contributed by atoms with Crippen LogP contribution in [-0.4, -0.2) is 110 Å². The molecule has 4 aliphatic rings. The number of rotatable bonds is 5. The van der Waals surface area contributed by atoms with Gasteiger partial charge in [0.1, 0.15) is 24.2 Å². The summed E-state index contributed by atoms with van der Waals surface area (Å²) in [6.45, 7) is 8.09. The second-order valence-corrected chi connectivity index (χ2v) is 11.0. The van der Waals surface area contributed by atoms with Crippen LogP contribution in [-0.2, 0) is 0 Å². The summed E-state index contributed by atoms with van der Waals surface area (Å²) in [5.41, 5.74) is 0. The average Bonchev–Trinajstić information content (AvgIpc) is 2.51. The first-order valence-electron chi connectivity index (χ1n) is 11.5. The van der Waals surface area contributed by atoms with Gasteiger partial charge < -0.3 is 8.97 Å². The normalized spacial score (nSPS) is 39.7. The Kier molecular flexibility index (Phi) is 5.42. The summed E-state index contributed by atoms with van der Waals surface area (Å²) in [7, 11) is 9.94. The van der Waals surface area contributed by atoms with Crippen LogP contribution in [0.25, 0.3) is 0 Å². The largest absolute Gasteiger partial charge is 0.322 e. The molecule has 0 aromatic carbocycles. The van der Waals surface area contributed by atoms with Crippen molar-refractivity contribution in [3.05, 3.63) is 0 Å². The van der Waals surface area contributed by atoms with Gasteiger partial charge >= 0.3 is 0 Å². The van der Waals surface area contributed by atoms with E-state index in [0.717, 1.165) is 24.2 Å². The van der Waals surface area contributed by atoms with Crippen molar-refractivity contribution in [3.8, 4) is 0 Å². The summed E-state index contributed by atoms with van der Waals surface area (Å²) in [6.07, 6.45) is 11.5. The van der Waals surface area contributed by atoms with Gasteiger partial charge in [-0.15, -0.1) is 0 Å². The Morgan fingerprint density at radius 3 is 1.19 bits per heavy atom. The summed E-state index contributed by atoms with van der Waals surface area (Å²) in [4.78, 5) is 5.62. The number of quaternary nitrogens is 2. The third-order valence-electron chi connectivity index (χ3n) is 8.99. The standard InChI is InChI=1S/C22H44N4/c1-25(2)19-9-7-10-20(25)16-23(15-19)13-5-6-14-24-17-21-11-8-12-22(18-24)26(21,3)4/h19-22H,5-18H2,1-4H3/q+2. The maximum atomic E-state index is 2.81. The molecular formula is C22H44N4+2. The van der Waals surface area contributed by atoms with Crippen LogP contribution in [0, 0.1) is 0 Å². The molecule has 0 aliphatic carbocycles. The van der Waals surface area contributed by atoms with Crippen molar-refractivity contribution < 1.29 is 8.97 Å². The van der Waals surface area contributed by atoms with E-state index in [-0.39, 0.29) is 0 Å². The Bertz CT molecular complexity index is 413. The number of fused-ring (bicyclic) bond motifs is 4. The van der Waals surface area contributed by atoms with Gasteiger partial charge in [0.25, 0.3) is 0 Å². The summed E-state index contributed by atoms with van der Waals surface area (Å²) in [6, 6.07) is 3.57. The molecule has 0 N–H and O–H groups in total. The number of likely N-dealkylation sites (N-methyl/N-ethyl adjacent to an activating group) is 2. The molecule has 0 aromatic heterocycles. The fourth-order valence-electron chi connectivity index (χ4n) is 6.69. The van der Waals surface area contributed by atoms with E-state index in [1.54, 1.807) is 0 Å². The quantitative estimate of drug-likeness (QED) is 0.546. The van der Waals surface area contributed by atoms with Crippen LogP contribution in [0.2, 0.25) is 0 Å². The summed E-state index contributed by atoms with van der Waals surface area (Å²) >= 11 is 0. The van der Waals surface area contributed by atoms with Crippen molar-refractivity contribution in [1.82, 2.24) is 9.80 Å². The molecular weight excluding hydrogens is 320 g/mol. The van der Waals surface area contributed by atoms with E-state index in [1.807, 2.05) is 0 Å². The van der Waals surface area contributed by atoms with E-state index in [9.17, 15) is 0 Å². The third-order valence-corrected chi connectivity index (χ3v) is 8.99. The maximum absolute atomic E-state index is 2.81. The van der Waals surface area contributed by atoms with Crippen molar-refractivity contribution in [2.75, 3.05) is 67.5 Å². The molecule has 4 rings (SSSR count). The van der Waals surface area contributed by atoms with Crippen LogP contribution in [0.1, 0.15) is 51.4 Å². The van der Waals surface area contributed by atoms with Crippen LogP contribution in [0.5, 0.6) is 0 Å². The zero-order valence-corrected chi connectivity index (χ0v) is 18.0. The zero-order chi connectivity index (χ0) is 18.4. The number of likely N-dealkylation sites (tertiary alicyclic amines) is 2. The van der Waals surface area contributed by atoms with Crippen molar-refractivity contribution in [3.63, 3.8) is 0 Å². The third kappa shape index (κ3) is 3.59. The molecule has 4 nitrogen and oxygen atoms in total. The maximum Gasteiger partial charge on any atom is 0.102 e. The molecule has 4 aliphatic heterocycles. The van der Waals surface area contributed by atoms with Crippen LogP contribution < -0.4 is 0 Å². The molecule has 0 radical (unpaired) electrons. The van der Waals surface area contributed by atoms with Gasteiger partial charge in [0.05, 0.1) is 54.4 Å². The Balaban J connectivity index is 1.20. The van der Waals surface area contributed by atoms with Crippen LogP contribution >= 0.6 is 0 Å². The molecule has 0 amide bonds. The lowest BCUT2D eigenvalue weighted by Gasteiger charge is -2.54. The van der Waals surface area contributed by atoms with Crippen molar-refractivity contribution in [2.24, 2.45) is 0 Å². The second kappa shape index (κ2) is 7.35. The number of hydrogen-bond donors (Lipinski definition) is 0. The Hall–Kier alpha value is -0.160. The molecule has 4 bridgehead atoms. The molecule has 26 heavy (non-hydrogen) atoms. The number of hydrogen-bond acceptors (Lipinski definition) is 2. The van der Waals surface area contributed by atoms with E-state index in [1.165, 1.54) is 99.6 Å². The van der Waals surface area contributed by atoms with Gasteiger partial charge in [-0.2, -0.15) is 0 Å². The first-order chi connectivity index (χ1) is 12.4. The fraction of sp³-hybridized carbons (Fsp3) is 1.00. The minimum atomic E-state index is 0.893. The lowest BCUT2D eigenvalue weighted by molar-refractivity contribution is -0.948. The monoisotopic (exact) mass is 364 g/mol. The molecule has 0 spiro atoms. The zero-order valence-electron chi connectivity index (χ0n) is 18.0. The Labute approximate surface area is 162 Å². The van der Waals surface area contributed by atoms with Gasteiger partial charge in [-0.3, -0.25) is 9.80 Å². The summed E-state index contributed by atoms with van der Waals surface area (Å²) in [5.74, 6) is 0. The van der Waals surface area contributed by atoms with Crippen molar-refractivity contribution in [2.45, 2.75) is 75.5 Å². The van der Waals surface area contributed by atoms with Gasteiger partial charge in [0.15, 0.2) is 0 Å². The topological polar surface area (TPSA) is 6.48 Å². The second-order valence-electron chi connectivity index (χ2n) is 11.0. The predicted octanol–water partition coefficient (Wildman–Crippen LogP) is 2.39. The smallest absolute Gasteiger partial charge is 0.102 e. The minimum absolute atomic E-state index is 0.893. The highest BCUT2D eigenvalue weighted by atomic mass is 15.4. The van der Waals surface area contributed by atoms with E-state index in [0.29, 0.717) is 0 Å². The van der Waals surface area contributed by atoms with E-state index in [4.69, 9.17) is 0 Å². The Morgan fingerprint density at radius 1 is 0.577 bits per heavy atom. The lowest BCUT2D eigenvalue weighted by atomic mass is 9.89. The number of unbranched alkanes of at least 4 members (excludes halogenated alkanes) is 1. The first kappa shape index (κ1) is 19.2. The van der Waals surface area contributed by atoms with Gasteiger partial charge in [-0.25, -0.2) is 0 Å². The van der Waals surface area contributed by atoms with Crippen LogP contribution in [0.4, 0.5) is 0 Å². The predicted molar refractivity (Wildman–Crippen MR) is 109 cm³/mol. The van der Waals surface area contributed by atoms with Crippen molar-refractivity contribution in [1.29, 1.82) is 0 Å². The summed E-state index contributed by atoms with van der Waals surface area (Å²) in [5, 5.41) is 0. The minimum Gasteiger partial charge on any atom is -0.322 e. The highest BCUT2D eigenvalue weighted by Crippen LogP contribution is 2.34. The number of piperazine rings is 2. The van der Waals surface area contributed by atoms with Crippen molar-refractivity contribution >= 4 is 0 Å². The molecule has 0 aromatic rings. The van der Waals surface area contributed by atoms with Gasteiger partial charge in [0, 0.05) is 25.7 Å². The first-order valence-corrected chi connectivity index (χ1v) is 11.5. The van der Waals surface area contributed by atoms with Crippen LogP contribution in [0.15, 0.2) is 0 Å². The number of piperidine rings is 2. The van der Waals surface area contributed by atoms with Crippen LogP contribution in [0.3, 0.4) is 0 Å². The lowest BCUT2D eigenvalue weighted by Crippen LogP contribution is -2.68. The Morgan fingerprint density at radius 2 is 0.885 bits per heavy atom. The fourth-order valence-corrected chi connectivity index (χ4v) is 6.69. The average molecular weight is 365 g/mol. The molecule has 0 saturated carbocycles. The summed E-state index contributed by atoms with van der Waals surface area (Å²) < 4.78 is 2.59. The molecule has 4 fully saturated rings. The number of nitrogens with zero attached hydrogens (tertiary/aromatic N) is 4. The van der Waals surface area contributed by atoms with E-state index in [2.05, 4.69) is 38.0 Å². The van der Waals surface area contributed by atoms with Gasteiger partial charge in [-0.1, -0.05) is 0 Å². The molecule has 150 valence electrons. The molecule has 4 heterocycles. The highest BCUT2D eigenvalue weighted by Gasteiger charge is 2.46. The van der Waals surface area contributed by atoms with Gasteiger partial charge in [0.2, 0.25) is 0 Å². The van der Waals surface area contributed by atoms with E-state index >= 15 is 0 Å². The SMILES string of the molecule is C[N+]1(C)C2CCCC1CN(CCCCN1CC3CCCC(C1)[N+]3(C)C)C2. The van der Waals surface area contributed by atoms with Gasteiger partial charge in [-0.05, 0) is 38.8 Å². The highest BCUT2D eigenvalue weighted by molar-refractivity contribution is 4.84. The van der Waals surface area contributed by atoms with E-state index < -0.39 is 0 Å². The molecule has 4 saturated heterocycles. The molecule has 4 unspecified atom stereocenters. The molecule has 4 heteroatoms.